The third-order valence-corrected chi connectivity index (χ3v) is 3.92. The van der Waals surface area contributed by atoms with Gasteiger partial charge in [-0.15, -0.1) is 0 Å². The van der Waals surface area contributed by atoms with E-state index < -0.39 is 0 Å². The normalized spacial score (nSPS) is 12.2. The summed E-state index contributed by atoms with van der Waals surface area (Å²) in [5.74, 6) is 2.36. The highest BCUT2D eigenvalue weighted by molar-refractivity contribution is 9.10. The summed E-state index contributed by atoms with van der Waals surface area (Å²) in [6, 6.07) is 9.42. The lowest BCUT2D eigenvalue weighted by Crippen LogP contribution is -1.97. The van der Waals surface area contributed by atoms with Gasteiger partial charge >= 0.3 is 0 Å². The van der Waals surface area contributed by atoms with Crippen molar-refractivity contribution in [2.45, 2.75) is 4.83 Å². The maximum atomic E-state index is 5.55. The van der Waals surface area contributed by atoms with Crippen LogP contribution in [0.2, 0.25) is 0 Å². The number of hydrogen-bond donors (Lipinski definition) is 0. The van der Waals surface area contributed by atoms with Crippen LogP contribution in [0.5, 0.6) is 11.5 Å². The smallest absolute Gasteiger partial charge is 0.169 e. The fourth-order valence-electron chi connectivity index (χ4n) is 1.66. The highest BCUT2D eigenvalue weighted by Gasteiger charge is 2.19. The minimum Gasteiger partial charge on any atom is -0.497 e. The van der Waals surface area contributed by atoms with E-state index in [1.807, 2.05) is 30.3 Å². The van der Waals surface area contributed by atoms with Crippen molar-refractivity contribution in [3.8, 4) is 11.5 Å². The van der Waals surface area contributed by atoms with Crippen LogP contribution in [0.4, 0.5) is 0 Å². The van der Waals surface area contributed by atoms with Gasteiger partial charge in [0.2, 0.25) is 0 Å². The van der Waals surface area contributed by atoms with Crippen molar-refractivity contribution in [2.24, 2.45) is 0 Å². The number of alkyl halides is 1. The van der Waals surface area contributed by atoms with Crippen molar-refractivity contribution in [1.29, 1.82) is 0 Å². The number of ether oxygens (including phenoxy) is 2. The summed E-state index contributed by atoms with van der Waals surface area (Å²) in [5, 5.41) is 0. The molecule has 0 amide bonds. The fraction of sp³-hybridized carbons (Fsp3) is 0.231. The molecule has 0 radical (unpaired) electrons. The molecular formula is C13H12Br2O3. The van der Waals surface area contributed by atoms with Crippen molar-refractivity contribution in [3.05, 3.63) is 46.3 Å². The Bertz CT molecular complexity index is 537. The molecule has 0 saturated heterocycles. The predicted octanol–water partition coefficient (Wildman–Crippen LogP) is 4.54. The molecule has 1 aromatic heterocycles. The van der Waals surface area contributed by atoms with Gasteiger partial charge < -0.3 is 13.9 Å². The summed E-state index contributed by atoms with van der Waals surface area (Å²) in [7, 11) is 3.28. The third kappa shape index (κ3) is 2.72. The van der Waals surface area contributed by atoms with Gasteiger partial charge in [-0.25, -0.2) is 0 Å². The van der Waals surface area contributed by atoms with E-state index in [9.17, 15) is 0 Å². The van der Waals surface area contributed by atoms with Gasteiger partial charge in [-0.1, -0.05) is 15.9 Å². The Hall–Kier alpha value is -0.940. The average molecular weight is 376 g/mol. The summed E-state index contributed by atoms with van der Waals surface area (Å²) in [6.45, 7) is 0. The molecule has 0 aliphatic rings. The minimum atomic E-state index is -0.0890. The molecule has 1 atom stereocenters. The van der Waals surface area contributed by atoms with Gasteiger partial charge in [-0.3, -0.25) is 0 Å². The second-order valence-corrected chi connectivity index (χ2v) is 5.31. The first-order valence-electron chi connectivity index (χ1n) is 5.27. The first-order chi connectivity index (χ1) is 8.65. The Balaban J connectivity index is 2.41. The highest BCUT2D eigenvalue weighted by atomic mass is 79.9. The second kappa shape index (κ2) is 5.80. The number of methoxy groups -OCH3 is 2. The topological polar surface area (TPSA) is 31.6 Å². The summed E-state index contributed by atoms with van der Waals surface area (Å²) in [5.41, 5.74) is 0.957. The lowest BCUT2D eigenvalue weighted by Gasteiger charge is -2.13. The average Bonchev–Trinajstić information content (AvgIpc) is 2.83. The Labute approximate surface area is 122 Å². The first kappa shape index (κ1) is 13.5. The zero-order valence-corrected chi connectivity index (χ0v) is 13.1. The standard InChI is InChI=1S/C13H12Br2O3/c1-16-8-3-4-10(17-2)9(7-8)13(15)11-5-6-12(14)18-11/h3-7,13H,1-2H3. The van der Waals surface area contributed by atoms with Crippen LogP contribution in [0.25, 0.3) is 0 Å². The fourth-order valence-corrected chi connectivity index (χ4v) is 2.58. The molecule has 2 aromatic rings. The SMILES string of the molecule is COc1ccc(OC)c(C(Br)c2ccc(Br)o2)c1. The number of benzene rings is 1. The number of halogens is 2. The molecule has 0 aliphatic heterocycles. The van der Waals surface area contributed by atoms with Crippen LogP contribution in [0.3, 0.4) is 0 Å². The molecule has 0 N–H and O–H groups in total. The molecular weight excluding hydrogens is 364 g/mol. The second-order valence-electron chi connectivity index (χ2n) is 3.61. The van der Waals surface area contributed by atoms with Crippen LogP contribution in [-0.2, 0) is 0 Å². The first-order valence-corrected chi connectivity index (χ1v) is 6.97. The lowest BCUT2D eigenvalue weighted by atomic mass is 10.1. The van der Waals surface area contributed by atoms with Crippen LogP contribution in [-0.4, -0.2) is 14.2 Å². The maximum absolute atomic E-state index is 5.55. The van der Waals surface area contributed by atoms with Gasteiger partial charge in [-0.2, -0.15) is 0 Å². The van der Waals surface area contributed by atoms with Crippen LogP contribution in [0.1, 0.15) is 16.2 Å². The van der Waals surface area contributed by atoms with Gasteiger partial charge in [-0.05, 0) is 46.3 Å². The highest BCUT2D eigenvalue weighted by Crippen LogP contribution is 2.39. The van der Waals surface area contributed by atoms with Gasteiger partial charge in [0.05, 0.1) is 14.2 Å². The molecule has 0 saturated carbocycles. The zero-order chi connectivity index (χ0) is 13.1. The Morgan fingerprint density at radius 1 is 1.11 bits per heavy atom. The minimum absolute atomic E-state index is 0.0890. The van der Waals surface area contributed by atoms with E-state index in [0.29, 0.717) is 4.67 Å². The van der Waals surface area contributed by atoms with E-state index in [-0.39, 0.29) is 4.83 Å². The molecule has 3 nitrogen and oxygen atoms in total. The Morgan fingerprint density at radius 2 is 1.89 bits per heavy atom. The van der Waals surface area contributed by atoms with Gasteiger partial charge in [0.1, 0.15) is 22.1 Å². The number of rotatable bonds is 4. The predicted molar refractivity (Wildman–Crippen MR) is 76.7 cm³/mol. The molecule has 0 bridgehead atoms. The zero-order valence-electron chi connectivity index (χ0n) is 9.94. The molecule has 0 fully saturated rings. The van der Waals surface area contributed by atoms with Crippen LogP contribution < -0.4 is 9.47 Å². The van der Waals surface area contributed by atoms with E-state index >= 15 is 0 Å². The maximum Gasteiger partial charge on any atom is 0.169 e. The van der Waals surface area contributed by atoms with E-state index in [4.69, 9.17) is 13.9 Å². The quantitative estimate of drug-likeness (QED) is 0.735. The monoisotopic (exact) mass is 374 g/mol. The summed E-state index contributed by atoms with van der Waals surface area (Å²) in [4.78, 5) is -0.0890. The van der Waals surface area contributed by atoms with E-state index in [1.165, 1.54) is 0 Å². The van der Waals surface area contributed by atoms with Crippen LogP contribution >= 0.6 is 31.9 Å². The molecule has 0 spiro atoms. The van der Waals surface area contributed by atoms with Crippen molar-refractivity contribution < 1.29 is 13.9 Å². The largest absolute Gasteiger partial charge is 0.497 e. The van der Waals surface area contributed by atoms with Crippen molar-refractivity contribution in [3.63, 3.8) is 0 Å². The summed E-state index contributed by atoms with van der Waals surface area (Å²) in [6.07, 6.45) is 0. The van der Waals surface area contributed by atoms with Gasteiger partial charge in [0.15, 0.2) is 4.67 Å². The van der Waals surface area contributed by atoms with Crippen LogP contribution in [0, 0.1) is 0 Å². The summed E-state index contributed by atoms with van der Waals surface area (Å²) < 4.78 is 16.8. The lowest BCUT2D eigenvalue weighted by molar-refractivity contribution is 0.397. The number of hydrogen-bond acceptors (Lipinski definition) is 3. The molecule has 1 unspecified atom stereocenters. The van der Waals surface area contributed by atoms with E-state index in [0.717, 1.165) is 22.8 Å². The number of furan rings is 1. The molecule has 5 heteroatoms. The molecule has 18 heavy (non-hydrogen) atoms. The van der Waals surface area contributed by atoms with E-state index in [2.05, 4.69) is 31.9 Å². The summed E-state index contributed by atoms with van der Waals surface area (Å²) >= 11 is 6.91. The third-order valence-electron chi connectivity index (χ3n) is 2.55. The van der Waals surface area contributed by atoms with Crippen molar-refractivity contribution in [2.75, 3.05) is 14.2 Å². The van der Waals surface area contributed by atoms with Gasteiger partial charge in [0, 0.05) is 5.56 Å². The van der Waals surface area contributed by atoms with Crippen molar-refractivity contribution in [1.82, 2.24) is 0 Å². The molecule has 2 rings (SSSR count). The Kier molecular flexibility index (Phi) is 4.35. The molecule has 0 aliphatic carbocycles. The molecule has 1 aromatic carbocycles. The van der Waals surface area contributed by atoms with E-state index in [1.54, 1.807) is 14.2 Å². The Morgan fingerprint density at radius 3 is 2.44 bits per heavy atom. The molecule has 96 valence electrons. The molecule has 1 heterocycles. The van der Waals surface area contributed by atoms with Crippen molar-refractivity contribution >= 4 is 31.9 Å². The van der Waals surface area contributed by atoms with Crippen LogP contribution in [0.15, 0.2) is 39.4 Å². The van der Waals surface area contributed by atoms with Gasteiger partial charge in [0.25, 0.3) is 0 Å².